The molecule has 0 bridgehead atoms. The van der Waals surface area contributed by atoms with Gasteiger partial charge in [-0.3, -0.25) is 9.59 Å². The number of carbonyl (C=O) groups is 2. The number of hydrogen-bond donors (Lipinski definition) is 3. The molecule has 0 saturated carbocycles. The van der Waals surface area contributed by atoms with Gasteiger partial charge < -0.3 is 20.1 Å². The lowest BCUT2D eigenvalue weighted by Gasteiger charge is -2.35. The minimum absolute atomic E-state index is 0.0615. The third-order valence-electron chi connectivity index (χ3n) is 6.38. The molecule has 0 spiro atoms. The first-order chi connectivity index (χ1) is 12.5. The number of rotatable bonds is 2. The quantitative estimate of drug-likeness (QED) is 0.629. The van der Waals surface area contributed by atoms with Crippen LogP contribution < -0.4 is 0 Å². The number of carbonyl (C=O) groups excluding carboxylic acids is 2. The van der Waals surface area contributed by atoms with Crippen molar-refractivity contribution in [2.75, 3.05) is 0 Å². The second-order valence-corrected chi connectivity index (χ2v) is 8.51. The van der Waals surface area contributed by atoms with Crippen molar-refractivity contribution in [3.63, 3.8) is 0 Å². The number of ether oxygens (including phenoxy) is 1. The maximum atomic E-state index is 12.6. The summed E-state index contributed by atoms with van der Waals surface area (Å²) < 4.78 is 5.64. The highest BCUT2D eigenvalue weighted by Crippen LogP contribution is 2.29. The van der Waals surface area contributed by atoms with E-state index in [2.05, 4.69) is 0 Å². The summed E-state index contributed by atoms with van der Waals surface area (Å²) in [5.74, 6) is -3.07. The van der Waals surface area contributed by atoms with Crippen molar-refractivity contribution in [3.8, 4) is 0 Å². The lowest BCUT2D eigenvalue weighted by Crippen LogP contribution is -2.44. The third kappa shape index (κ3) is 6.00. The molecule has 0 unspecified atom stereocenters. The zero-order valence-corrected chi connectivity index (χ0v) is 17.6. The Morgan fingerprint density at radius 1 is 0.889 bits per heavy atom. The van der Waals surface area contributed by atoms with Crippen molar-refractivity contribution < 1.29 is 29.6 Å². The number of cyclic esters (lactones) is 1. The summed E-state index contributed by atoms with van der Waals surface area (Å²) >= 11 is 0. The number of Topliss-reactive ketones (excluding diaryl/α,β-unsaturated/α-hetero) is 1. The van der Waals surface area contributed by atoms with Crippen LogP contribution in [-0.2, 0) is 14.3 Å². The van der Waals surface area contributed by atoms with Gasteiger partial charge in [0.25, 0.3) is 0 Å². The molecule has 3 N–H and O–H groups in total. The first-order valence-corrected chi connectivity index (χ1v) is 10.3. The summed E-state index contributed by atoms with van der Waals surface area (Å²) in [6.07, 6.45) is -1.25. The smallest absolute Gasteiger partial charge is 0.311 e. The van der Waals surface area contributed by atoms with Gasteiger partial charge in [0, 0.05) is 24.2 Å². The van der Waals surface area contributed by atoms with Crippen LogP contribution in [0.25, 0.3) is 0 Å². The van der Waals surface area contributed by atoms with Gasteiger partial charge in [-0.05, 0) is 25.7 Å². The largest absolute Gasteiger partial charge is 0.462 e. The highest BCUT2D eigenvalue weighted by atomic mass is 16.5. The van der Waals surface area contributed by atoms with Crippen molar-refractivity contribution in [2.24, 2.45) is 29.6 Å². The van der Waals surface area contributed by atoms with Crippen LogP contribution in [0, 0.1) is 29.6 Å². The van der Waals surface area contributed by atoms with E-state index in [0.717, 1.165) is 6.42 Å². The molecule has 1 saturated heterocycles. The van der Waals surface area contributed by atoms with E-state index in [-0.39, 0.29) is 24.0 Å². The average molecular weight is 387 g/mol. The molecule has 0 radical (unpaired) electrons. The summed E-state index contributed by atoms with van der Waals surface area (Å²) in [4.78, 5) is 25.1. The van der Waals surface area contributed by atoms with Crippen LogP contribution in [0.15, 0.2) is 0 Å². The van der Waals surface area contributed by atoms with E-state index in [1.807, 2.05) is 13.8 Å². The molecule has 1 aliphatic rings. The zero-order valence-electron chi connectivity index (χ0n) is 17.6. The molecule has 27 heavy (non-hydrogen) atoms. The van der Waals surface area contributed by atoms with Crippen molar-refractivity contribution in [3.05, 3.63) is 0 Å². The van der Waals surface area contributed by atoms with Crippen molar-refractivity contribution >= 4 is 11.8 Å². The van der Waals surface area contributed by atoms with Gasteiger partial charge in [-0.2, -0.15) is 0 Å². The van der Waals surface area contributed by atoms with Crippen LogP contribution in [0.2, 0.25) is 0 Å². The van der Waals surface area contributed by atoms with E-state index in [9.17, 15) is 24.9 Å². The number of ketones is 1. The Morgan fingerprint density at radius 2 is 1.44 bits per heavy atom. The maximum absolute atomic E-state index is 12.6. The Hall–Kier alpha value is -0.980. The van der Waals surface area contributed by atoms with Crippen LogP contribution in [-0.4, -0.2) is 51.5 Å². The van der Waals surface area contributed by atoms with Gasteiger partial charge in [0.1, 0.15) is 11.9 Å². The zero-order chi connectivity index (χ0) is 20.9. The van der Waals surface area contributed by atoms with Gasteiger partial charge in [0.05, 0.1) is 24.2 Å². The molecule has 6 nitrogen and oxygen atoms in total. The first-order valence-electron chi connectivity index (χ1n) is 10.3. The monoisotopic (exact) mass is 386 g/mol. The molecule has 158 valence electrons. The van der Waals surface area contributed by atoms with Gasteiger partial charge in [-0.15, -0.1) is 0 Å². The predicted molar refractivity (Wildman–Crippen MR) is 103 cm³/mol. The summed E-state index contributed by atoms with van der Waals surface area (Å²) in [6, 6.07) is 0. The number of aliphatic hydroxyl groups is 3. The highest BCUT2D eigenvalue weighted by molar-refractivity contribution is 5.81. The average Bonchev–Trinajstić information content (AvgIpc) is 2.66. The lowest BCUT2D eigenvalue weighted by atomic mass is 9.80. The van der Waals surface area contributed by atoms with E-state index in [4.69, 9.17) is 4.74 Å². The summed E-state index contributed by atoms with van der Waals surface area (Å²) in [6.45, 7) is 10.6. The van der Waals surface area contributed by atoms with E-state index in [1.54, 1.807) is 27.7 Å². The maximum Gasteiger partial charge on any atom is 0.311 e. The Labute approximate surface area is 163 Å². The second-order valence-electron chi connectivity index (χ2n) is 8.51. The van der Waals surface area contributed by atoms with Crippen LogP contribution in [0.5, 0.6) is 0 Å². The van der Waals surface area contributed by atoms with Crippen LogP contribution >= 0.6 is 0 Å². The van der Waals surface area contributed by atoms with Crippen LogP contribution in [0.3, 0.4) is 0 Å². The van der Waals surface area contributed by atoms with Gasteiger partial charge in [-0.1, -0.05) is 41.0 Å². The molecular formula is C21H38O6. The molecule has 1 aliphatic heterocycles. The molecule has 6 heteroatoms. The fourth-order valence-corrected chi connectivity index (χ4v) is 3.92. The molecule has 0 amide bonds. The molecule has 0 aromatic carbocycles. The second kappa shape index (κ2) is 10.5. The van der Waals surface area contributed by atoms with Gasteiger partial charge in [0.2, 0.25) is 0 Å². The van der Waals surface area contributed by atoms with E-state index in [1.165, 1.54) is 0 Å². The SMILES string of the molecule is CCC[C@H]1OC(=O)[C@H](C)[C@@H](O)[C@H](C)[C@@H](O)[C@@H](C)CCC(=O)[C@H](C)[C@@H](O)[C@H]1C. The lowest BCUT2D eigenvalue weighted by molar-refractivity contribution is -0.166. The van der Waals surface area contributed by atoms with Gasteiger partial charge in [0.15, 0.2) is 0 Å². The molecule has 0 aliphatic carbocycles. The normalized spacial score (nSPS) is 43.1. The predicted octanol–water partition coefficient (Wildman–Crippen LogP) is 2.32. The fourth-order valence-electron chi connectivity index (χ4n) is 3.92. The van der Waals surface area contributed by atoms with Crippen molar-refractivity contribution in [2.45, 2.75) is 91.6 Å². The Kier molecular flexibility index (Phi) is 9.39. The molecule has 9 atom stereocenters. The minimum Gasteiger partial charge on any atom is -0.462 e. The highest BCUT2D eigenvalue weighted by Gasteiger charge is 2.38. The number of aliphatic hydroxyl groups excluding tert-OH is 3. The van der Waals surface area contributed by atoms with Gasteiger partial charge in [-0.25, -0.2) is 0 Å². The number of esters is 1. The molecule has 1 heterocycles. The van der Waals surface area contributed by atoms with E-state index < -0.39 is 48.1 Å². The third-order valence-corrected chi connectivity index (χ3v) is 6.38. The standard InChI is InChI=1S/C21H38O6/c1-7-8-17-13(4)19(24)12(3)16(22)10-9-11(2)18(23)14(5)20(25)15(6)21(26)27-17/h11-15,17-20,23-25H,7-10H2,1-6H3/t11-,12-,13-,14+,15+,17+,18-,19+,20-/m0/s1. The van der Waals surface area contributed by atoms with Crippen molar-refractivity contribution in [1.29, 1.82) is 0 Å². The van der Waals surface area contributed by atoms with Crippen molar-refractivity contribution in [1.82, 2.24) is 0 Å². The summed E-state index contributed by atoms with van der Waals surface area (Å²) in [7, 11) is 0. The Morgan fingerprint density at radius 3 is 2.00 bits per heavy atom. The summed E-state index contributed by atoms with van der Waals surface area (Å²) in [5, 5.41) is 31.8. The number of hydrogen-bond acceptors (Lipinski definition) is 6. The van der Waals surface area contributed by atoms with E-state index >= 15 is 0 Å². The summed E-state index contributed by atoms with van der Waals surface area (Å²) in [5.41, 5.74) is 0. The first kappa shape index (κ1) is 24.1. The minimum atomic E-state index is -1.05. The molecule has 1 fully saturated rings. The molecular weight excluding hydrogens is 348 g/mol. The molecule has 1 rings (SSSR count). The van der Waals surface area contributed by atoms with Crippen LogP contribution in [0.1, 0.15) is 67.2 Å². The molecule has 0 aromatic heterocycles. The Balaban J connectivity index is 3.16. The van der Waals surface area contributed by atoms with Gasteiger partial charge >= 0.3 is 5.97 Å². The fraction of sp³-hybridized carbons (Fsp3) is 0.905. The van der Waals surface area contributed by atoms with E-state index in [0.29, 0.717) is 12.8 Å². The Bertz CT molecular complexity index is 493. The molecule has 0 aromatic rings. The van der Waals surface area contributed by atoms with Crippen LogP contribution in [0.4, 0.5) is 0 Å². The topological polar surface area (TPSA) is 104 Å².